The topological polar surface area (TPSA) is 275 Å². The first-order valence-electron chi connectivity index (χ1n) is 19.5. The number of carbonyl (C=O) groups is 3. The Morgan fingerprint density at radius 3 is 1.66 bits per heavy atom. The number of rotatable bonds is 23. The van der Waals surface area contributed by atoms with Gasteiger partial charge in [-0.25, -0.2) is 24.4 Å². The Morgan fingerprint density at radius 2 is 1.17 bits per heavy atom. The SMILES string of the molecule is CCCCC(CC)COC(=O)c1ccc(Nc2nc(NCCCCNC(=O)Nc3nc(C)cc(=O)[nH]3)nc(NCCCCNC(=O)Nc3nc(C)cc(=O)[nH]3)n2)cc1. The first-order chi connectivity index (χ1) is 28.0. The van der Waals surface area contributed by atoms with E-state index in [-0.39, 0.29) is 34.9 Å². The van der Waals surface area contributed by atoms with Crippen LogP contribution in [0.25, 0.3) is 0 Å². The first kappa shape index (κ1) is 44.1. The van der Waals surface area contributed by atoms with Crippen LogP contribution in [-0.2, 0) is 4.74 Å². The molecule has 4 aromatic rings. The van der Waals surface area contributed by atoms with Crippen molar-refractivity contribution < 1.29 is 19.1 Å². The smallest absolute Gasteiger partial charge is 0.338 e. The Bertz CT molecular complexity index is 1950. The fourth-order valence-corrected chi connectivity index (χ4v) is 5.47. The first-order valence-corrected chi connectivity index (χ1v) is 19.5. The second-order valence-corrected chi connectivity index (χ2v) is 13.5. The predicted molar refractivity (Wildman–Crippen MR) is 222 cm³/mol. The molecule has 20 heteroatoms. The van der Waals surface area contributed by atoms with Crippen molar-refractivity contribution in [2.45, 2.75) is 79.1 Å². The Kier molecular flexibility index (Phi) is 17.8. The van der Waals surface area contributed by atoms with E-state index in [9.17, 15) is 24.0 Å². The second kappa shape index (κ2) is 23.5. The molecule has 312 valence electrons. The van der Waals surface area contributed by atoms with Crippen LogP contribution in [0.1, 0.15) is 87.0 Å². The monoisotopic (exact) mass is 802 g/mol. The summed E-state index contributed by atoms with van der Waals surface area (Å²) in [6, 6.07) is 8.56. The molecule has 0 aliphatic heterocycles. The van der Waals surface area contributed by atoms with Crippen LogP contribution in [0.15, 0.2) is 46.0 Å². The highest BCUT2D eigenvalue weighted by Gasteiger charge is 2.13. The van der Waals surface area contributed by atoms with Crippen molar-refractivity contribution in [1.82, 2.24) is 45.5 Å². The molecule has 3 heterocycles. The Labute approximate surface area is 336 Å². The summed E-state index contributed by atoms with van der Waals surface area (Å²) >= 11 is 0. The van der Waals surface area contributed by atoms with Gasteiger partial charge in [-0.1, -0.05) is 33.1 Å². The molecule has 0 radical (unpaired) electrons. The number of amides is 4. The maximum atomic E-state index is 12.7. The molecule has 1 unspecified atom stereocenters. The molecular weight excluding hydrogens is 749 g/mol. The molecule has 0 spiro atoms. The zero-order chi connectivity index (χ0) is 41.7. The van der Waals surface area contributed by atoms with Crippen molar-refractivity contribution in [3.05, 3.63) is 74.1 Å². The molecule has 4 rings (SSSR count). The van der Waals surface area contributed by atoms with Crippen LogP contribution in [0, 0.1) is 19.8 Å². The molecule has 0 saturated heterocycles. The summed E-state index contributed by atoms with van der Waals surface area (Å²) < 4.78 is 5.59. The van der Waals surface area contributed by atoms with Gasteiger partial charge < -0.3 is 31.3 Å². The zero-order valence-corrected chi connectivity index (χ0v) is 33.4. The third-order valence-electron chi connectivity index (χ3n) is 8.55. The number of anilines is 6. The summed E-state index contributed by atoms with van der Waals surface area (Å²) in [5, 5.41) is 20.1. The van der Waals surface area contributed by atoms with Gasteiger partial charge in [-0.3, -0.25) is 30.2 Å². The van der Waals surface area contributed by atoms with E-state index in [1.165, 1.54) is 12.1 Å². The van der Waals surface area contributed by atoms with Crippen LogP contribution in [0.3, 0.4) is 0 Å². The Morgan fingerprint density at radius 1 is 0.672 bits per heavy atom. The minimum atomic E-state index is -0.487. The number of benzene rings is 1. The average molecular weight is 803 g/mol. The summed E-state index contributed by atoms with van der Waals surface area (Å²) in [6.45, 7) is 9.71. The minimum absolute atomic E-state index is 0.0693. The van der Waals surface area contributed by atoms with E-state index in [0.29, 0.717) is 98.9 Å². The molecule has 0 bridgehead atoms. The van der Waals surface area contributed by atoms with Crippen LogP contribution in [0.2, 0.25) is 0 Å². The van der Waals surface area contributed by atoms with Gasteiger partial charge in [-0.05, 0) is 76.1 Å². The van der Waals surface area contributed by atoms with Crippen LogP contribution in [0.4, 0.5) is 45.0 Å². The van der Waals surface area contributed by atoms with E-state index in [4.69, 9.17) is 4.74 Å². The number of urea groups is 2. The molecule has 0 aliphatic carbocycles. The molecule has 4 amide bonds. The maximum absolute atomic E-state index is 12.7. The number of carbonyl (C=O) groups excluding carboxylic acids is 3. The highest BCUT2D eigenvalue weighted by molar-refractivity contribution is 5.90. The highest BCUT2D eigenvalue weighted by Crippen LogP contribution is 2.19. The lowest BCUT2D eigenvalue weighted by Crippen LogP contribution is -2.31. The third-order valence-corrected chi connectivity index (χ3v) is 8.55. The van der Waals surface area contributed by atoms with Crippen molar-refractivity contribution in [1.29, 1.82) is 0 Å². The molecule has 1 aromatic carbocycles. The molecule has 0 aliphatic rings. The lowest BCUT2D eigenvalue weighted by atomic mass is 10.0. The summed E-state index contributed by atoms with van der Waals surface area (Å²) in [7, 11) is 0. The Hall–Kier alpha value is -6.60. The standard InChI is InChI=1S/C38H54N14O6/c1-5-7-12-26(6-2)23-58-31(55)27-13-15-28(16-14-27)45-36-49-32(39-17-8-10-19-41-37(56)51-34-43-24(3)21-29(53)46-34)48-33(50-36)40-18-9-11-20-42-38(57)52-35-44-25(4)22-30(54)47-35/h13-16,21-22,26H,5-12,17-20,23H2,1-4H3,(H3,39,40,45,48,49,50)(H3,41,43,46,51,53,56)(H3,42,44,47,52,54,57). The summed E-state index contributed by atoms with van der Waals surface area (Å²) in [5.74, 6) is 1.01. The number of esters is 1. The van der Waals surface area contributed by atoms with Gasteiger partial charge in [-0.15, -0.1) is 0 Å². The molecule has 9 N–H and O–H groups in total. The van der Waals surface area contributed by atoms with Gasteiger partial charge in [0.05, 0.1) is 12.2 Å². The number of nitrogens with zero attached hydrogens (tertiary/aromatic N) is 5. The number of unbranched alkanes of at least 4 members (excludes halogenated alkanes) is 3. The largest absolute Gasteiger partial charge is 0.462 e. The van der Waals surface area contributed by atoms with E-state index in [2.05, 4.69) is 86.0 Å². The van der Waals surface area contributed by atoms with Crippen LogP contribution >= 0.6 is 0 Å². The lowest BCUT2D eigenvalue weighted by molar-refractivity contribution is 0.0428. The highest BCUT2D eigenvalue weighted by atomic mass is 16.5. The van der Waals surface area contributed by atoms with Crippen molar-refractivity contribution in [3.8, 4) is 0 Å². The van der Waals surface area contributed by atoms with Gasteiger partial charge in [0.1, 0.15) is 0 Å². The number of ether oxygens (including phenoxy) is 1. The second-order valence-electron chi connectivity index (χ2n) is 13.5. The van der Waals surface area contributed by atoms with Gasteiger partial charge in [0.2, 0.25) is 29.7 Å². The maximum Gasteiger partial charge on any atom is 0.338 e. The lowest BCUT2D eigenvalue weighted by Gasteiger charge is -2.15. The molecule has 0 saturated carbocycles. The molecular formula is C38H54N14O6. The average Bonchev–Trinajstić information content (AvgIpc) is 3.17. The number of nitrogens with one attached hydrogen (secondary N) is 9. The summed E-state index contributed by atoms with van der Waals surface area (Å²) in [5.41, 5.74) is 1.35. The summed E-state index contributed by atoms with van der Waals surface area (Å²) in [6.07, 6.45) is 6.81. The fraction of sp³-hybridized carbons (Fsp3) is 0.474. The number of aromatic nitrogens is 7. The fourth-order valence-electron chi connectivity index (χ4n) is 5.47. The number of aromatic amines is 2. The van der Waals surface area contributed by atoms with Crippen LogP contribution in [0.5, 0.6) is 0 Å². The van der Waals surface area contributed by atoms with Crippen LogP contribution in [-0.4, -0.2) is 85.7 Å². The van der Waals surface area contributed by atoms with Gasteiger partial charge in [-0.2, -0.15) is 15.0 Å². The minimum Gasteiger partial charge on any atom is -0.462 e. The Balaban J connectivity index is 1.28. The van der Waals surface area contributed by atoms with Gasteiger partial charge in [0, 0.05) is 55.4 Å². The summed E-state index contributed by atoms with van der Waals surface area (Å²) in [4.78, 5) is 87.1. The van der Waals surface area contributed by atoms with Crippen LogP contribution < -0.4 is 48.3 Å². The molecule has 20 nitrogen and oxygen atoms in total. The van der Waals surface area contributed by atoms with E-state index in [1.54, 1.807) is 38.1 Å². The quantitative estimate of drug-likeness (QED) is 0.0360. The number of hydrogen-bond acceptors (Lipinski definition) is 14. The van der Waals surface area contributed by atoms with Gasteiger partial charge >= 0.3 is 18.0 Å². The van der Waals surface area contributed by atoms with E-state index in [1.807, 2.05) is 0 Å². The van der Waals surface area contributed by atoms with Crippen molar-refractivity contribution >= 4 is 53.5 Å². The molecule has 3 aromatic heterocycles. The van der Waals surface area contributed by atoms with Crippen molar-refractivity contribution in [2.24, 2.45) is 5.92 Å². The number of hydrogen-bond donors (Lipinski definition) is 9. The van der Waals surface area contributed by atoms with Crippen molar-refractivity contribution in [3.63, 3.8) is 0 Å². The van der Waals surface area contributed by atoms with Gasteiger partial charge in [0.15, 0.2) is 0 Å². The van der Waals surface area contributed by atoms with Gasteiger partial charge in [0.25, 0.3) is 11.1 Å². The third kappa shape index (κ3) is 16.2. The molecule has 58 heavy (non-hydrogen) atoms. The van der Waals surface area contributed by atoms with E-state index >= 15 is 0 Å². The van der Waals surface area contributed by atoms with Crippen molar-refractivity contribution in [2.75, 3.05) is 59.4 Å². The normalized spacial score (nSPS) is 11.2. The number of aryl methyl sites for hydroxylation is 2. The zero-order valence-electron chi connectivity index (χ0n) is 33.4. The molecule has 0 fully saturated rings. The van der Waals surface area contributed by atoms with E-state index < -0.39 is 12.1 Å². The number of H-pyrrole nitrogens is 2. The predicted octanol–water partition coefficient (Wildman–Crippen LogP) is 4.80. The van der Waals surface area contributed by atoms with E-state index in [0.717, 1.165) is 25.7 Å². The molecule has 1 atom stereocenters.